The van der Waals surface area contributed by atoms with Gasteiger partial charge < -0.3 is 11.6 Å². The van der Waals surface area contributed by atoms with Crippen LogP contribution in [0.3, 0.4) is 0 Å². The van der Waals surface area contributed by atoms with Crippen molar-refractivity contribution in [3.05, 3.63) is 10.7 Å². The molecule has 0 aromatic heterocycles. The number of aliphatic imine (C=N–C) groups is 1. The van der Waals surface area contributed by atoms with E-state index in [1.807, 2.05) is 0 Å². The van der Waals surface area contributed by atoms with Crippen LogP contribution >= 0.6 is 15.9 Å². The molecule has 0 bridgehead atoms. The minimum atomic E-state index is 0.142. The van der Waals surface area contributed by atoms with Crippen molar-refractivity contribution in [2.24, 2.45) is 26.8 Å². The van der Waals surface area contributed by atoms with Crippen molar-refractivity contribution in [1.29, 1.82) is 0 Å². The van der Waals surface area contributed by atoms with Gasteiger partial charge in [0.1, 0.15) is 0 Å². The molecule has 0 aliphatic rings. The Bertz CT molecular complexity index is 230. The SMILES string of the molecule is C=NNC(N=CC(Br)=CN)=NN. The number of allylic oxidation sites excluding steroid dienone is 1. The Morgan fingerprint density at radius 3 is 2.67 bits per heavy atom. The second-order valence-corrected chi connectivity index (χ2v) is 2.45. The highest BCUT2D eigenvalue weighted by molar-refractivity contribution is 9.12. The number of hydrazone groups is 2. The van der Waals surface area contributed by atoms with Crippen molar-refractivity contribution in [2.75, 3.05) is 0 Å². The number of halogens is 1. The summed E-state index contributed by atoms with van der Waals surface area (Å²) in [5, 5.41) is 6.59. The maximum atomic E-state index is 5.15. The van der Waals surface area contributed by atoms with Gasteiger partial charge in [0, 0.05) is 19.1 Å². The average Bonchev–Trinajstić information content (AvgIpc) is 2.11. The van der Waals surface area contributed by atoms with Crippen molar-refractivity contribution in [2.45, 2.75) is 0 Å². The smallest absolute Gasteiger partial charge is 0.260 e. The number of hydrogen-bond donors (Lipinski definition) is 3. The van der Waals surface area contributed by atoms with Gasteiger partial charge in [0.05, 0.1) is 4.48 Å². The van der Waals surface area contributed by atoms with Crippen LogP contribution in [-0.2, 0) is 0 Å². The molecule has 0 atom stereocenters. The van der Waals surface area contributed by atoms with Crippen LogP contribution in [0.2, 0.25) is 0 Å². The quantitative estimate of drug-likeness (QED) is 0.264. The third kappa shape index (κ3) is 4.45. The van der Waals surface area contributed by atoms with Crippen LogP contribution in [0.1, 0.15) is 0 Å². The fourth-order valence-electron chi connectivity index (χ4n) is 0.328. The van der Waals surface area contributed by atoms with Crippen LogP contribution < -0.4 is 17.0 Å². The molecular weight excluding hydrogens is 224 g/mol. The average molecular weight is 233 g/mol. The maximum absolute atomic E-state index is 5.15. The zero-order valence-electron chi connectivity index (χ0n) is 6.24. The molecule has 0 aromatic rings. The number of hydrogen-bond acceptors (Lipinski definition) is 4. The van der Waals surface area contributed by atoms with Crippen LogP contribution in [0.4, 0.5) is 0 Å². The molecule has 5 N–H and O–H groups in total. The summed E-state index contributed by atoms with van der Waals surface area (Å²) >= 11 is 3.10. The fraction of sp³-hybridized carbons (Fsp3) is 0. The number of rotatable bonds is 2. The van der Waals surface area contributed by atoms with Crippen LogP contribution in [0, 0.1) is 0 Å². The van der Waals surface area contributed by atoms with Gasteiger partial charge in [0.25, 0.3) is 5.96 Å². The molecule has 7 heteroatoms. The second kappa shape index (κ2) is 6.35. The monoisotopic (exact) mass is 232 g/mol. The molecule has 6 nitrogen and oxygen atoms in total. The van der Waals surface area contributed by atoms with E-state index in [1.54, 1.807) is 0 Å². The first-order chi connectivity index (χ1) is 5.74. The van der Waals surface area contributed by atoms with Crippen LogP contribution in [0.25, 0.3) is 0 Å². The molecule has 0 spiro atoms. The highest BCUT2D eigenvalue weighted by Crippen LogP contribution is 1.96. The van der Waals surface area contributed by atoms with Gasteiger partial charge in [-0.2, -0.15) is 5.10 Å². The fourth-order valence-corrected chi connectivity index (χ4v) is 0.430. The van der Waals surface area contributed by atoms with Crippen LogP contribution in [0.15, 0.2) is 25.9 Å². The number of nitrogens with two attached hydrogens (primary N) is 2. The Morgan fingerprint density at radius 2 is 2.25 bits per heavy atom. The van der Waals surface area contributed by atoms with Gasteiger partial charge in [-0.1, -0.05) is 0 Å². The lowest BCUT2D eigenvalue weighted by Crippen LogP contribution is -2.16. The van der Waals surface area contributed by atoms with Crippen molar-refractivity contribution < 1.29 is 0 Å². The lowest BCUT2D eigenvalue weighted by Gasteiger charge is -1.94. The number of guanidine groups is 1. The third-order valence-corrected chi connectivity index (χ3v) is 1.24. The van der Waals surface area contributed by atoms with E-state index >= 15 is 0 Å². The molecule has 0 saturated heterocycles. The van der Waals surface area contributed by atoms with E-state index in [9.17, 15) is 0 Å². The predicted molar refractivity (Wildman–Crippen MR) is 54.0 cm³/mol. The highest BCUT2D eigenvalue weighted by atomic mass is 79.9. The summed E-state index contributed by atoms with van der Waals surface area (Å²) in [4.78, 5) is 3.76. The molecule has 0 unspecified atom stereocenters. The topological polar surface area (TPSA) is 101 Å². The molecule has 0 aromatic carbocycles. The Labute approximate surface area is 78.2 Å². The second-order valence-electron chi connectivity index (χ2n) is 1.53. The molecule has 0 radical (unpaired) electrons. The van der Waals surface area contributed by atoms with E-state index in [2.05, 4.69) is 43.3 Å². The summed E-state index contributed by atoms with van der Waals surface area (Å²) in [5.41, 5.74) is 7.51. The maximum Gasteiger partial charge on any atom is 0.260 e. The molecule has 0 aliphatic carbocycles. The van der Waals surface area contributed by atoms with E-state index in [1.165, 1.54) is 12.4 Å². The predicted octanol–water partition coefficient (Wildman–Crippen LogP) is -0.313. The molecule has 66 valence electrons. The summed E-state index contributed by atoms with van der Waals surface area (Å²) in [6.45, 7) is 3.17. The Balaban J connectivity index is 4.21. The molecule has 12 heavy (non-hydrogen) atoms. The summed E-state index contributed by atoms with van der Waals surface area (Å²) in [5.74, 6) is 5.09. The summed E-state index contributed by atoms with van der Waals surface area (Å²) in [7, 11) is 0. The lowest BCUT2D eigenvalue weighted by atomic mass is 10.6. The zero-order chi connectivity index (χ0) is 9.40. The summed E-state index contributed by atoms with van der Waals surface area (Å²) in [6, 6.07) is 0. The van der Waals surface area contributed by atoms with Gasteiger partial charge in [-0.05, 0) is 15.9 Å². The lowest BCUT2D eigenvalue weighted by molar-refractivity contribution is 0.999. The van der Waals surface area contributed by atoms with Crippen LogP contribution in [0.5, 0.6) is 0 Å². The largest absolute Gasteiger partial charge is 0.404 e. The van der Waals surface area contributed by atoms with E-state index in [-0.39, 0.29) is 5.96 Å². The van der Waals surface area contributed by atoms with Gasteiger partial charge >= 0.3 is 0 Å². The van der Waals surface area contributed by atoms with Gasteiger partial charge in [-0.3, -0.25) is 0 Å². The standard InChI is InChI=1S/C5H9BrN6/c1-9-12-5(11-8)10-3-4(6)2-7/h2-3H,1,7-8H2,(H,11,12). The van der Waals surface area contributed by atoms with Crippen molar-refractivity contribution in [3.63, 3.8) is 0 Å². The van der Waals surface area contributed by atoms with Crippen LogP contribution in [-0.4, -0.2) is 18.9 Å². The van der Waals surface area contributed by atoms with Gasteiger partial charge in [0.15, 0.2) is 0 Å². The minimum Gasteiger partial charge on any atom is -0.404 e. The molecule has 0 heterocycles. The first-order valence-corrected chi connectivity index (χ1v) is 3.65. The van der Waals surface area contributed by atoms with Gasteiger partial charge in [-0.15, -0.1) is 5.10 Å². The molecule has 0 saturated carbocycles. The summed E-state index contributed by atoms with van der Waals surface area (Å²) < 4.78 is 0.606. The van der Waals surface area contributed by atoms with Crippen molar-refractivity contribution in [1.82, 2.24) is 5.43 Å². The highest BCUT2D eigenvalue weighted by Gasteiger charge is 1.89. The van der Waals surface area contributed by atoms with Crippen molar-refractivity contribution >= 4 is 34.8 Å². The van der Waals surface area contributed by atoms with E-state index in [4.69, 9.17) is 11.6 Å². The summed E-state index contributed by atoms with van der Waals surface area (Å²) in [6.07, 6.45) is 2.75. The Morgan fingerprint density at radius 1 is 1.58 bits per heavy atom. The van der Waals surface area contributed by atoms with Crippen molar-refractivity contribution in [3.8, 4) is 0 Å². The molecule has 0 aliphatic heterocycles. The number of nitrogens with zero attached hydrogens (tertiary/aromatic N) is 3. The minimum absolute atomic E-state index is 0.142. The Kier molecular flexibility index (Phi) is 5.62. The molecule has 0 rings (SSSR count). The van der Waals surface area contributed by atoms with E-state index in [0.29, 0.717) is 4.48 Å². The zero-order valence-corrected chi connectivity index (χ0v) is 7.82. The molecule has 0 fully saturated rings. The third-order valence-electron chi connectivity index (χ3n) is 0.771. The first-order valence-electron chi connectivity index (χ1n) is 2.85. The molecule has 0 amide bonds. The van der Waals surface area contributed by atoms with Gasteiger partial charge in [-0.25, -0.2) is 10.4 Å². The molecular formula is C5H9BrN6. The van der Waals surface area contributed by atoms with Gasteiger partial charge in [0.2, 0.25) is 0 Å². The van der Waals surface area contributed by atoms with E-state index < -0.39 is 0 Å². The Hall–Kier alpha value is -1.37. The first kappa shape index (κ1) is 10.6. The van der Waals surface area contributed by atoms with E-state index in [0.717, 1.165) is 0 Å². The number of nitrogens with one attached hydrogen (secondary N) is 1. The normalized spacial score (nSPS) is 13.4.